The predicted octanol–water partition coefficient (Wildman–Crippen LogP) is 0.249. The Morgan fingerprint density at radius 3 is 2.62 bits per heavy atom. The van der Waals surface area contributed by atoms with Crippen LogP contribution in [0.15, 0.2) is 0 Å². The van der Waals surface area contributed by atoms with Crippen molar-refractivity contribution in [2.75, 3.05) is 12.4 Å². The van der Waals surface area contributed by atoms with Crippen molar-refractivity contribution in [2.45, 2.75) is 31.4 Å². The SMILES string of the molecule is CCCc1nnc(NC(=O)CC(C(=O)OC)S(=O)(=O)O)s1. The molecule has 1 amide bonds. The van der Waals surface area contributed by atoms with Crippen LogP contribution in [0.5, 0.6) is 0 Å². The van der Waals surface area contributed by atoms with Crippen molar-refractivity contribution >= 4 is 38.5 Å². The zero-order valence-corrected chi connectivity index (χ0v) is 13.0. The maximum Gasteiger partial charge on any atom is 0.327 e. The number of nitrogens with zero attached hydrogens (tertiary/aromatic N) is 2. The Kier molecular flexibility index (Phi) is 6.18. The summed E-state index contributed by atoms with van der Waals surface area (Å²) in [6.45, 7) is 1.96. The molecule has 0 aliphatic rings. The summed E-state index contributed by atoms with van der Waals surface area (Å²) in [6.07, 6.45) is 0.813. The van der Waals surface area contributed by atoms with E-state index in [1.165, 1.54) is 0 Å². The van der Waals surface area contributed by atoms with E-state index in [0.29, 0.717) is 6.42 Å². The second-order valence-electron chi connectivity index (χ2n) is 4.03. The van der Waals surface area contributed by atoms with E-state index in [4.69, 9.17) is 4.55 Å². The third-order valence-electron chi connectivity index (χ3n) is 2.37. The standard InChI is InChI=1S/C10H15N3O6S2/c1-3-4-8-12-13-10(20-8)11-7(14)5-6(9(15)19-2)21(16,17)18/h6H,3-5H2,1-2H3,(H,11,13,14)(H,16,17,18). The van der Waals surface area contributed by atoms with Crippen LogP contribution < -0.4 is 5.32 Å². The number of aryl methyl sites for hydroxylation is 1. The number of esters is 1. The van der Waals surface area contributed by atoms with Gasteiger partial charge in [0.05, 0.1) is 13.5 Å². The van der Waals surface area contributed by atoms with Crippen LogP contribution in [0.3, 0.4) is 0 Å². The molecule has 1 rings (SSSR count). The summed E-state index contributed by atoms with van der Waals surface area (Å²) >= 11 is 1.15. The van der Waals surface area contributed by atoms with Crippen LogP contribution >= 0.6 is 11.3 Å². The van der Waals surface area contributed by atoms with Gasteiger partial charge in [0.1, 0.15) is 5.01 Å². The fourth-order valence-electron chi connectivity index (χ4n) is 1.40. The van der Waals surface area contributed by atoms with Gasteiger partial charge in [0, 0.05) is 6.42 Å². The molecule has 118 valence electrons. The van der Waals surface area contributed by atoms with Gasteiger partial charge in [-0.3, -0.25) is 14.1 Å². The minimum atomic E-state index is -4.74. The second-order valence-corrected chi connectivity index (χ2v) is 6.69. The van der Waals surface area contributed by atoms with Gasteiger partial charge >= 0.3 is 5.97 Å². The maximum atomic E-state index is 11.7. The number of methoxy groups -OCH3 is 1. The highest BCUT2D eigenvalue weighted by molar-refractivity contribution is 7.87. The highest BCUT2D eigenvalue weighted by Crippen LogP contribution is 2.17. The molecule has 0 radical (unpaired) electrons. The minimum absolute atomic E-state index is 0.197. The summed E-state index contributed by atoms with van der Waals surface area (Å²) in [6, 6.07) is 0. The van der Waals surface area contributed by atoms with Crippen LogP contribution in [0.25, 0.3) is 0 Å². The highest BCUT2D eigenvalue weighted by Gasteiger charge is 2.34. The number of carbonyl (C=O) groups is 2. The summed E-state index contributed by atoms with van der Waals surface area (Å²) in [7, 11) is -3.78. The van der Waals surface area contributed by atoms with E-state index in [-0.39, 0.29) is 5.13 Å². The van der Waals surface area contributed by atoms with Crippen LogP contribution in [-0.2, 0) is 30.9 Å². The molecule has 0 saturated heterocycles. The maximum absolute atomic E-state index is 11.7. The third kappa shape index (κ3) is 5.36. The smallest absolute Gasteiger partial charge is 0.327 e. The monoisotopic (exact) mass is 337 g/mol. The molecule has 1 heterocycles. The number of nitrogens with one attached hydrogen (secondary N) is 1. The van der Waals surface area contributed by atoms with E-state index >= 15 is 0 Å². The highest BCUT2D eigenvalue weighted by atomic mass is 32.2. The predicted molar refractivity (Wildman–Crippen MR) is 74.5 cm³/mol. The summed E-state index contributed by atoms with van der Waals surface area (Å²) in [5.41, 5.74) is 0. The first-order chi connectivity index (χ1) is 9.77. The average Bonchev–Trinajstić information content (AvgIpc) is 2.81. The fraction of sp³-hybridized carbons (Fsp3) is 0.600. The average molecular weight is 337 g/mol. The Labute approximate surface area is 125 Å². The Morgan fingerprint density at radius 2 is 2.10 bits per heavy atom. The Bertz CT molecular complexity index is 612. The molecule has 11 heteroatoms. The lowest BCUT2D eigenvalue weighted by Crippen LogP contribution is -2.34. The Morgan fingerprint density at radius 1 is 1.43 bits per heavy atom. The van der Waals surface area contributed by atoms with Gasteiger partial charge in [-0.25, -0.2) is 0 Å². The van der Waals surface area contributed by atoms with Gasteiger partial charge in [0.25, 0.3) is 10.1 Å². The van der Waals surface area contributed by atoms with Crippen molar-refractivity contribution in [3.8, 4) is 0 Å². The molecule has 1 atom stereocenters. The van der Waals surface area contributed by atoms with Crippen molar-refractivity contribution in [1.29, 1.82) is 0 Å². The number of hydrogen-bond donors (Lipinski definition) is 2. The van der Waals surface area contributed by atoms with Gasteiger partial charge in [-0.15, -0.1) is 10.2 Å². The molecule has 0 saturated carbocycles. The number of carbonyl (C=O) groups excluding carboxylic acids is 2. The van der Waals surface area contributed by atoms with Crippen LogP contribution in [0.2, 0.25) is 0 Å². The first kappa shape index (κ1) is 17.5. The molecule has 0 aromatic carbocycles. The van der Waals surface area contributed by atoms with Crippen molar-refractivity contribution in [1.82, 2.24) is 10.2 Å². The molecule has 9 nitrogen and oxygen atoms in total. The zero-order chi connectivity index (χ0) is 16.0. The summed E-state index contributed by atoms with van der Waals surface area (Å²) in [4.78, 5) is 23.0. The molecule has 2 N–H and O–H groups in total. The molecule has 0 aliphatic heterocycles. The number of rotatable bonds is 7. The van der Waals surface area contributed by atoms with Crippen LogP contribution in [0.1, 0.15) is 24.8 Å². The fourth-order valence-corrected chi connectivity index (χ4v) is 2.96. The van der Waals surface area contributed by atoms with Crippen molar-refractivity contribution in [3.05, 3.63) is 5.01 Å². The second kappa shape index (κ2) is 7.43. The number of ether oxygens (including phenoxy) is 1. The molecule has 21 heavy (non-hydrogen) atoms. The minimum Gasteiger partial charge on any atom is -0.468 e. The van der Waals surface area contributed by atoms with Crippen LogP contribution in [-0.4, -0.2) is 47.4 Å². The number of anilines is 1. The topological polar surface area (TPSA) is 136 Å². The summed E-state index contributed by atoms with van der Waals surface area (Å²) in [5, 5.41) is 8.83. The third-order valence-corrected chi connectivity index (χ3v) is 4.35. The summed E-state index contributed by atoms with van der Waals surface area (Å²) < 4.78 is 35.3. The number of hydrogen-bond acceptors (Lipinski definition) is 8. The molecule has 0 bridgehead atoms. The summed E-state index contributed by atoms with van der Waals surface area (Å²) in [5.74, 6) is -2.00. The largest absolute Gasteiger partial charge is 0.468 e. The lowest BCUT2D eigenvalue weighted by molar-refractivity contribution is -0.141. The van der Waals surface area contributed by atoms with Gasteiger partial charge in [0.15, 0.2) is 5.25 Å². The van der Waals surface area contributed by atoms with Gasteiger partial charge in [0.2, 0.25) is 11.0 Å². The normalized spacial score (nSPS) is 12.7. The van der Waals surface area contributed by atoms with Crippen molar-refractivity contribution < 1.29 is 27.3 Å². The molecular weight excluding hydrogens is 322 g/mol. The molecule has 1 aromatic rings. The zero-order valence-electron chi connectivity index (χ0n) is 11.4. The van der Waals surface area contributed by atoms with Crippen molar-refractivity contribution in [2.24, 2.45) is 0 Å². The van der Waals surface area contributed by atoms with E-state index in [9.17, 15) is 18.0 Å². The van der Waals surface area contributed by atoms with Gasteiger partial charge in [-0.1, -0.05) is 18.3 Å². The van der Waals surface area contributed by atoms with E-state index in [2.05, 4.69) is 20.3 Å². The molecule has 0 aliphatic carbocycles. The first-order valence-electron chi connectivity index (χ1n) is 5.94. The van der Waals surface area contributed by atoms with Crippen LogP contribution in [0, 0.1) is 0 Å². The van der Waals surface area contributed by atoms with Crippen LogP contribution in [0.4, 0.5) is 5.13 Å². The molecule has 0 spiro atoms. The Balaban J connectivity index is 2.71. The first-order valence-corrected chi connectivity index (χ1v) is 8.26. The Hall–Kier alpha value is -1.59. The quantitative estimate of drug-likeness (QED) is 0.534. The van der Waals surface area contributed by atoms with E-state index in [0.717, 1.165) is 29.9 Å². The number of aromatic nitrogens is 2. The van der Waals surface area contributed by atoms with Crippen molar-refractivity contribution in [3.63, 3.8) is 0 Å². The van der Waals surface area contributed by atoms with Gasteiger partial charge < -0.3 is 10.1 Å². The van der Waals surface area contributed by atoms with E-state index in [1.807, 2.05) is 6.92 Å². The van der Waals surface area contributed by atoms with Gasteiger partial charge in [-0.2, -0.15) is 8.42 Å². The lowest BCUT2D eigenvalue weighted by Gasteiger charge is -2.10. The number of amides is 1. The van der Waals surface area contributed by atoms with E-state index < -0.39 is 33.7 Å². The molecular formula is C10H15N3O6S2. The molecule has 1 unspecified atom stereocenters. The molecule has 0 fully saturated rings. The van der Waals surface area contributed by atoms with E-state index in [1.54, 1.807) is 0 Å². The van der Waals surface area contributed by atoms with Gasteiger partial charge in [-0.05, 0) is 6.42 Å². The lowest BCUT2D eigenvalue weighted by atomic mass is 10.3. The molecule has 1 aromatic heterocycles.